The maximum atomic E-state index is 5.52. The second kappa shape index (κ2) is 11.8. The molecule has 0 aromatic carbocycles. The number of aliphatic imine (C=N–C) groups is 1. The Labute approximate surface area is 162 Å². The van der Waals surface area contributed by atoms with Crippen LogP contribution >= 0.6 is 35.7 Å². The summed E-state index contributed by atoms with van der Waals surface area (Å²) >= 11 is 2.04. The van der Waals surface area contributed by atoms with E-state index >= 15 is 0 Å². The molecule has 2 saturated heterocycles. The van der Waals surface area contributed by atoms with Crippen LogP contribution in [0.15, 0.2) is 4.99 Å². The van der Waals surface area contributed by atoms with Crippen molar-refractivity contribution in [3.63, 3.8) is 0 Å². The first kappa shape index (κ1) is 21.3. The topological polar surface area (TPSA) is 48.9 Å². The average molecular weight is 456 g/mol. The number of morpholine rings is 1. The Morgan fingerprint density at radius 2 is 2.30 bits per heavy atom. The predicted molar refractivity (Wildman–Crippen MR) is 111 cm³/mol. The highest BCUT2D eigenvalue weighted by atomic mass is 127. The number of nitrogens with zero attached hydrogens (tertiary/aromatic N) is 2. The molecule has 2 N–H and O–H groups in total. The van der Waals surface area contributed by atoms with Crippen molar-refractivity contribution in [3.05, 3.63) is 0 Å². The molecule has 2 aliphatic heterocycles. The Kier molecular flexibility index (Phi) is 10.9. The zero-order valence-electron chi connectivity index (χ0n) is 14.7. The monoisotopic (exact) mass is 456 g/mol. The van der Waals surface area contributed by atoms with Crippen LogP contribution in [0.4, 0.5) is 0 Å². The van der Waals surface area contributed by atoms with Crippen molar-refractivity contribution >= 4 is 41.7 Å². The Balaban J connectivity index is 0.00000264. The van der Waals surface area contributed by atoms with E-state index in [4.69, 9.17) is 9.73 Å². The van der Waals surface area contributed by atoms with Gasteiger partial charge in [-0.3, -0.25) is 9.89 Å². The molecule has 0 aromatic rings. The van der Waals surface area contributed by atoms with Gasteiger partial charge in [-0.15, -0.1) is 24.0 Å². The lowest BCUT2D eigenvalue weighted by molar-refractivity contribution is -0.0165. The highest BCUT2D eigenvalue weighted by molar-refractivity contribution is 14.0. The van der Waals surface area contributed by atoms with Crippen molar-refractivity contribution < 1.29 is 4.74 Å². The summed E-state index contributed by atoms with van der Waals surface area (Å²) < 4.78 is 5.52. The summed E-state index contributed by atoms with van der Waals surface area (Å²) in [5.41, 5.74) is 0. The molecule has 0 radical (unpaired) electrons. The van der Waals surface area contributed by atoms with Gasteiger partial charge in [-0.1, -0.05) is 0 Å². The van der Waals surface area contributed by atoms with Gasteiger partial charge in [0.25, 0.3) is 0 Å². The molecule has 2 aliphatic rings. The second-order valence-corrected chi connectivity index (χ2v) is 7.44. The molecule has 0 saturated carbocycles. The SMILES string of the molecule is CCNC(=NCC(C)N1CCOCC1C)NC1CCCSC1.I. The van der Waals surface area contributed by atoms with Crippen LogP contribution in [-0.2, 0) is 4.74 Å². The molecular weight excluding hydrogens is 423 g/mol. The molecule has 0 spiro atoms. The maximum Gasteiger partial charge on any atom is 0.191 e. The van der Waals surface area contributed by atoms with Gasteiger partial charge in [0.2, 0.25) is 0 Å². The van der Waals surface area contributed by atoms with E-state index in [0.29, 0.717) is 18.1 Å². The third kappa shape index (κ3) is 7.36. The molecule has 5 nitrogen and oxygen atoms in total. The highest BCUT2D eigenvalue weighted by Gasteiger charge is 2.23. The summed E-state index contributed by atoms with van der Waals surface area (Å²) in [6.45, 7) is 11.1. The van der Waals surface area contributed by atoms with Gasteiger partial charge in [0, 0.05) is 37.0 Å². The molecule has 3 atom stereocenters. The van der Waals surface area contributed by atoms with Crippen LogP contribution in [0, 0.1) is 0 Å². The second-order valence-electron chi connectivity index (χ2n) is 6.29. The van der Waals surface area contributed by atoms with Gasteiger partial charge >= 0.3 is 0 Å². The first-order valence-electron chi connectivity index (χ1n) is 8.66. The minimum absolute atomic E-state index is 0. The number of hydrogen-bond acceptors (Lipinski definition) is 4. The van der Waals surface area contributed by atoms with Crippen molar-refractivity contribution in [1.29, 1.82) is 0 Å². The minimum Gasteiger partial charge on any atom is -0.379 e. The van der Waals surface area contributed by atoms with Crippen LogP contribution in [-0.4, -0.2) is 73.3 Å². The third-order valence-corrected chi connectivity index (χ3v) is 5.56. The number of halogens is 1. The van der Waals surface area contributed by atoms with Crippen molar-refractivity contribution in [3.8, 4) is 0 Å². The van der Waals surface area contributed by atoms with Gasteiger partial charge in [-0.05, 0) is 39.4 Å². The molecule has 0 aromatic heterocycles. The number of ether oxygens (including phenoxy) is 1. The first-order chi connectivity index (χ1) is 10.7. The molecule has 3 unspecified atom stereocenters. The van der Waals surface area contributed by atoms with Gasteiger partial charge in [0.1, 0.15) is 0 Å². The van der Waals surface area contributed by atoms with Gasteiger partial charge in [0.05, 0.1) is 19.8 Å². The molecule has 0 bridgehead atoms. The van der Waals surface area contributed by atoms with Crippen molar-refractivity contribution in [2.75, 3.05) is 44.4 Å². The molecule has 2 rings (SSSR count). The van der Waals surface area contributed by atoms with Crippen LogP contribution in [0.2, 0.25) is 0 Å². The van der Waals surface area contributed by atoms with Crippen LogP contribution < -0.4 is 10.6 Å². The number of nitrogens with one attached hydrogen (secondary N) is 2. The number of rotatable bonds is 5. The number of thioether (sulfide) groups is 1. The van der Waals surface area contributed by atoms with E-state index in [-0.39, 0.29) is 24.0 Å². The molecule has 0 aliphatic carbocycles. The summed E-state index contributed by atoms with van der Waals surface area (Å²) in [5, 5.41) is 6.99. The summed E-state index contributed by atoms with van der Waals surface area (Å²) in [4.78, 5) is 7.33. The predicted octanol–water partition coefficient (Wildman–Crippen LogP) is 2.16. The average Bonchev–Trinajstić information content (AvgIpc) is 2.54. The summed E-state index contributed by atoms with van der Waals surface area (Å²) in [5.74, 6) is 3.47. The zero-order valence-corrected chi connectivity index (χ0v) is 17.9. The van der Waals surface area contributed by atoms with Crippen LogP contribution in [0.25, 0.3) is 0 Å². The van der Waals surface area contributed by atoms with E-state index in [9.17, 15) is 0 Å². The minimum atomic E-state index is 0. The van der Waals surface area contributed by atoms with Gasteiger partial charge < -0.3 is 15.4 Å². The van der Waals surface area contributed by atoms with Crippen molar-refractivity contribution in [2.45, 2.75) is 51.7 Å². The van der Waals surface area contributed by atoms with E-state index < -0.39 is 0 Å². The van der Waals surface area contributed by atoms with Gasteiger partial charge in [-0.25, -0.2) is 0 Å². The normalized spacial score (nSPS) is 27.9. The molecule has 23 heavy (non-hydrogen) atoms. The zero-order chi connectivity index (χ0) is 15.8. The molecular formula is C16H33IN4OS. The summed E-state index contributed by atoms with van der Waals surface area (Å²) in [6.07, 6.45) is 2.57. The fraction of sp³-hybridized carbons (Fsp3) is 0.938. The van der Waals surface area contributed by atoms with E-state index in [2.05, 4.69) is 36.3 Å². The fourth-order valence-electron chi connectivity index (χ4n) is 3.09. The number of guanidine groups is 1. The fourth-order valence-corrected chi connectivity index (χ4v) is 4.16. The highest BCUT2D eigenvalue weighted by Crippen LogP contribution is 2.16. The quantitative estimate of drug-likeness (QED) is 0.377. The number of hydrogen-bond donors (Lipinski definition) is 2. The van der Waals surface area contributed by atoms with E-state index in [1.165, 1.54) is 24.3 Å². The van der Waals surface area contributed by atoms with E-state index in [1.807, 2.05) is 11.8 Å². The Hall–Kier alpha value is 0.270. The van der Waals surface area contributed by atoms with Crippen molar-refractivity contribution in [2.24, 2.45) is 4.99 Å². The molecule has 0 amide bonds. The Bertz CT molecular complexity index is 353. The standard InChI is InChI=1S/C16H32N4OS.HI/c1-4-17-16(19-15-6-5-9-22-12-15)18-10-13(2)20-7-8-21-11-14(20)3;/h13-15H,4-12H2,1-3H3,(H2,17,18,19);1H. The largest absolute Gasteiger partial charge is 0.379 e. The third-order valence-electron chi connectivity index (χ3n) is 4.34. The van der Waals surface area contributed by atoms with Gasteiger partial charge in [0.15, 0.2) is 5.96 Å². The lowest BCUT2D eigenvalue weighted by atomic mass is 10.2. The van der Waals surface area contributed by atoms with Crippen LogP contribution in [0.5, 0.6) is 0 Å². The Morgan fingerprint density at radius 1 is 1.48 bits per heavy atom. The van der Waals surface area contributed by atoms with Crippen LogP contribution in [0.1, 0.15) is 33.6 Å². The lowest BCUT2D eigenvalue weighted by Gasteiger charge is -2.37. The molecule has 2 heterocycles. The summed E-state index contributed by atoms with van der Waals surface area (Å²) in [6, 6.07) is 1.51. The van der Waals surface area contributed by atoms with Crippen LogP contribution in [0.3, 0.4) is 0 Å². The molecule has 136 valence electrons. The summed E-state index contributed by atoms with van der Waals surface area (Å²) in [7, 11) is 0. The lowest BCUT2D eigenvalue weighted by Crippen LogP contribution is -2.50. The first-order valence-corrected chi connectivity index (χ1v) is 9.82. The molecule has 2 fully saturated rings. The van der Waals surface area contributed by atoms with E-state index in [0.717, 1.165) is 38.8 Å². The Morgan fingerprint density at radius 3 is 2.96 bits per heavy atom. The maximum absolute atomic E-state index is 5.52. The van der Waals surface area contributed by atoms with Gasteiger partial charge in [-0.2, -0.15) is 11.8 Å². The smallest absolute Gasteiger partial charge is 0.191 e. The molecule has 7 heteroatoms. The van der Waals surface area contributed by atoms with E-state index in [1.54, 1.807) is 0 Å². The van der Waals surface area contributed by atoms with Crippen molar-refractivity contribution in [1.82, 2.24) is 15.5 Å².